The van der Waals surface area contributed by atoms with E-state index in [1.807, 2.05) is 0 Å². The van der Waals surface area contributed by atoms with Crippen molar-refractivity contribution in [1.82, 2.24) is 0 Å². The fraction of sp³-hybridized carbons (Fsp3) is 0.444. The van der Waals surface area contributed by atoms with E-state index in [0.717, 1.165) is 25.7 Å². The molecule has 0 spiro atoms. The van der Waals surface area contributed by atoms with Crippen LogP contribution in [0.3, 0.4) is 0 Å². The van der Waals surface area contributed by atoms with E-state index in [-0.39, 0.29) is 6.10 Å². The lowest BCUT2D eigenvalue weighted by Gasteiger charge is -1.93. The Kier molecular flexibility index (Phi) is 7.28. The molecule has 12 heavy (non-hydrogen) atoms. The summed E-state index contributed by atoms with van der Waals surface area (Å²) in [5, 5.41) is 0. The summed E-state index contributed by atoms with van der Waals surface area (Å²) < 4.78 is 9.30. The second kappa shape index (κ2) is 8.01. The summed E-state index contributed by atoms with van der Waals surface area (Å²) in [4.78, 5) is 9.88. The van der Waals surface area contributed by atoms with Crippen molar-refractivity contribution < 1.29 is 14.3 Å². The molecule has 0 aromatic heterocycles. The zero-order valence-corrected chi connectivity index (χ0v) is 7.07. The minimum Gasteiger partial charge on any atom is -0.474 e. The topological polar surface area (TPSA) is 35.5 Å². The molecule has 1 aliphatic rings. The van der Waals surface area contributed by atoms with Gasteiger partial charge >= 0.3 is 0 Å². The Bertz CT molecular complexity index is 131. The largest absolute Gasteiger partial charge is 0.474 e. The Morgan fingerprint density at radius 3 is 2.25 bits per heavy atom. The third-order valence-electron chi connectivity index (χ3n) is 1.31. The zero-order valence-electron chi connectivity index (χ0n) is 7.07. The molecule has 1 fully saturated rings. The van der Waals surface area contributed by atoms with E-state index >= 15 is 0 Å². The van der Waals surface area contributed by atoms with Gasteiger partial charge in [-0.1, -0.05) is 13.2 Å². The van der Waals surface area contributed by atoms with Crippen LogP contribution in [0, 0.1) is 0 Å². The lowest BCUT2D eigenvalue weighted by Crippen LogP contribution is -2.04. The fourth-order valence-electron chi connectivity index (χ4n) is 0.778. The van der Waals surface area contributed by atoms with Gasteiger partial charge in [0.1, 0.15) is 12.4 Å². The molecule has 1 heterocycles. The van der Waals surface area contributed by atoms with E-state index < -0.39 is 0 Å². The summed E-state index contributed by atoms with van der Waals surface area (Å²) in [6, 6.07) is 0. The lowest BCUT2D eigenvalue weighted by atomic mass is 10.3. The Hall–Kier alpha value is -1.09. The fourth-order valence-corrected chi connectivity index (χ4v) is 0.778. The third kappa shape index (κ3) is 5.68. The number of rotatable bonds is 3. The van der Waals surface area contributed by atoms with Crippen molar-refractivity contribution >= 4 is 6.29 Å². The zero-order chi connectivity index (χ0) is 9.23. The molecule has 68 valence electrons. The van der Waals surface area contributed by atoms with Crippen LogP contribution in [0.25, 0.3) is 0 Å². The second-order valence-electron chi connectivity index (χ2n) is 2.16. The molecule has 3 nitrogen and oxygen atoms in total. The number of ether oxygens (including phenoxy) is 2. The summed E-state index contributed by atoms with van der Waals surface area (Å²) in [6.07, 6.45) is 5.37. The van der Waals surface area contributed by atoms with Gasteiger partial charge in [-0.3, -0.25) is 0 Å². The predicted molar refractivity (Wildman–Crippen MR) is 46.5 cm³/mol. The van der Waals surface area contributed by atoms with Crippen molar-refractivity contribution in [3.05, 3.63) is 25.7 Å². The second-order valence-corrected chi connectivity index (χ2v) is 2.16. The molecule has 0 aromatic rings. The molecule has 0 N–H and O–H groups in total. The maximum absolute atomic E-state index is 9.88. The van der Waals surface area contributed by atoms with Gasteiger partial charge in [0.25, 0.3) is 0 Å². The van der Waals surface area contributed by atoms with Crippen LogP contribution in [-0.2, 0) is 14.3 Å². The Morgan fingerprint density at radius 1 is 1.42 bits per heavy atom. The standard InChI is InChI=1S/C5H8O2.C4H6O/c6-4-5-2-1-3-7-5;1-3-5-4-2/h4-5H,1-3H2;3-4H,1-2H2. The molecule has 3 heteroatoms. The molecule has 1 rings (SSSR count). The average Bonchev–Trinajstić information content (AvgIpc) is 2.58. The first kappa shape index (κ1) is 10.9. The lowest BCUT2D eigenvalue weighted by molar-refractivity contribution is -0.115. The number of carbonyl (C=O) groups excluding carboxylic acids is 1. The van der Waals surface area contributed by atoms with Crippen LogP contribution in [0.15, 0.2) is 25.7 Å². The van der Waals surface area contributed by atoms with Gasteiger partial charge < -0.3 is 14.3 Å². The van der Waals surface area contributed by atoms with Crippen LogP contribution < -0.4 is 0 Å². The maximum atomic E-state index is 9.88. The molecular formula is C9H14O3. The first-order chi connectivity index (χ1) is 5.85. The van der Waals surface area contributed by atoms with Crippen molar-refractivity contribution in [1.29, 1.82) is 0 Å². The highest BCUT2D eigenvalue weighted by atomic mass is 16.5. The van der Waals surface area contributed by atoms with E-state index in [1.54, 1.807) is 0 Å². The van der Waals surface area contributed by atoms with E-state index in [1.165, 1.54) is 12.5 Å². The highest BCUT2D eigenvalue weighted by molar-refractivity contribution is 5.56. The van der Waals surface area contributed by atoms with Crippen LogP contribution in [0.2, 0.25) is 0 Å². The minimum absolute atomic E-state index is 0.0833. The predicted octanol–water partition coefficient (Wildman–Crippen LogP) is 1.65. The molecule has 0 saturated carbocycles. The van der Waals surface area contributed by atoms with Gasteiger partial charge in [0.05, 0.1) is 12.5 Å². The first-order valence-corrected chi connectivity index (χ1v) is 3.79. The number of hydrogen-bond donors (Lipinski definition) is 0. The van der Waals surface area contributed by atoms with Crippen LogP contribution >= 0.6 is 0 Å². The van der Waals surface area contributed by atoms with Gasteiger partial charge in [0, 0.05) is 6.61 Å². The van der Waals surface area contributed by atoms with Gasteiger partial charge in [0.2, 0.25) is 0 Å². The highest BCUT2D eigenvalue weighted by Gasteiger charge is 2.12. The SMILES string of the molecule is C=COC=C.O=CC1CCCO1. The summed E-state index contributed by atoms with van der Waals surface area (Å²) in [5.41, 5.74) is 0. The van der Waals surface area contributed by atoms with E-state index in [0.29, 0.717) is 0 Å². The highest BCUT2D eigenvalue weighted by Crippen LogP contribution is 2.08. The van der Waals surface area contributed by atoms with E-state index in [9.17, 15) is 4.79 Å². The Labute approximate surface area is 72.7 Å². The van der Waals surface area contributed by atoms with Crippen LogP contribution in [0.1, 0.15) is 12.8 Å². The molecular weight excluding hydrogens is 156 g/mol. The molecule has 0 aromatic carbocycles. The Morgan fingerprint density at radius 2 is 2.08 bits per heavy atom. The first-order valence-electron chi connectivity index (χ1n) is 3.79. The molecule has 0 amide bonds. The molecule has 1 aliphatic heterocycles. The number of carbonyl (C=O) groups is 1. The normalized spacial score (nSPS) is 20.2. The smallest absolute Gasteiger partial charge is 0.148 e. The molecule has 1 unspecified atom stereocenters. The Balaban J connectivity index is 0.000000217. The van der Waals surface area contributed by atoms with Crippen molar-refractivity contribution in [2.75, 3.05) is 6.61 Å². The molecule has 0 radical (unpaired) electrons. The van der Waals surface area contributed by atoms with Gasteiger partial charge in [-0.15, -0.1) is 0 Å². The molecule has 1 saturated heterocycles. The summed E-state index contributed by atoms with van der Waals surface area (Å²) in [5.74, 6) is 0. The summed E-state index contributed by atoms with van der Waals surface area (Å²) in [6.45, 7) is 7.28. The van der Waals surface area contributed by atoms with E-state index in [2.05, 4.69) is 17.9 Å². The average molecular weight is 170 g/mol. The van der Waals surface area contributed by atoms with Gasteiger partial charge in [0.15, 0.2) is 0 Å². The third-order valence-corrected chi connectivity index (χ3v) is 1.31. The van der Waals surface area contributed by atoms with Crippen molar-refractivity contribution in [2.24, 2.45) is 0 Å². The quantitative estimate of drug-likeness (QED) is 0.477. The summed E-state index contributed by atoms with van der Waals surface area (Å²) >= 11 is 0. The number of hydrogen-bond acceptors (Lipinski definition) is 3. The minimum atomic E-state index is -0.0833. The molecule has 1 atom stereocenters. The van der Waals surface area contributed by atoms with Crippen molar-refractivity contribution in [2.45, 2.75) is 18.9 Å². The van der Waals surface area contributed by atoms with Crippen molar-refractivity contribution in [3.8, 4) is 0 Å². The summed E-state index contributed by atoms with van der Waals surface area (Å²) in [7, 11) is 0. The molecule has 0 bridgehead atoms. The van der Waals surface area contributed by atoms with Gasteiger partial charge in [-0.25, -0.2) is 0 Å². The molecule has 0 aliphatic carbocycles. The van der Waals surface area contributed by atoms with Crippen LogP contribution in [0.4, 0.5) is 0 Å². The number of aldehydes is 1. The van der Waals surface area contributed by atoms with Crippen LogP contribution in [-0.4, -0.2) is 19.0 Å². The maximum Gasteiger partial charge on any atom is 0.148 e. The van der Waals surface area contributed by atoms with E-state index in [4.69, 9.17) is 4.74 Å². The van der Waals surface area contributed by atoms with Crippen LogP contribution in [0.5, 0.6) is 0 Å². The van der Waals surface area contributed by atoms with Gasteiger partial charge in [-0.2, -0.15) is 0 Å². The van der Waals surface area contributed by atoms with Gasteiger partial charge in [-0.05, 0) is 12.8 Å². The van der Waals surface area contributed by atoms with Crippen molar-refractivity contribution in [3.63, 3.8) is 0 Å². The monoisotopic (exact) mass is 170 g/mol.